The molecule has 1 aromatic carbocycles. The number of nitrogens with zero attached hydrogens (tertiary/aromatic N) is 1. The molecule has 0 bridgehead atoms. The fraction of sp³-hybridized carbons (Fsp3) is 0.471. The van der Waals surface area contributed by atoms with Crippen molar-refractivity contribution < 1.29 is 18.7 Å². The molecular weight excluding hydrogens is 282 g/mol. The van der Waals surface area contributed by atoms with E-state index in [-0.39, 0.29) is 12.6 Å². The summed E-state index contributed by atoms with van der Waals surface area (Å²) in [6.07, 6.45) is 0.455. The van der Waals surface area contributed by atoms with Gasteiger partial charge in [-0.2, -0.15) is 0 Å². The van der Waals surface area contributed by atoms with Crippen LogP contribution in [0.4, 0.5) is 0 Å². The van der Waals surface area contributed by atoms with E-state index >= 15 is 0 Å². The van der Waals surface area contributed by atoms with E-state index < -0.39 is 0 Å². The van der Waals surface area contributed by atoms with E-state index in [1.54, 1.807) is 0 Å². The van der Waals surface area contributed by atoms with Crippen LogP contribution in [0.15, 0.2) is 34.9 Å². The Morgan fingerprint density at radius 1 is 1.05 bits per heavy atom. The number of rotatable bonds is 5. The summed E-state index contributed by atoms with van der Waals surface area (Å²) >= 11 is 0. The molecule has 0 spiro atoms. The number of benzene rings is 1. The molecule has 5 heteroatoms. The summed E-state index contributed by atoms with van der Waals surface area (Å²) in [7, 11) is 0. The second-order valence-electron chi connectivity index (χ2n) is 5.11. The topological polar surface area (TPSA) is 53.7 Å². The summed E-state index contributed by atoms with van der Waals surface area (Å²) in [4.78, 5) is 0. The van der Waals surface area contributed by atoms with Gasteiger partial charge in [-0.3, -0.25) is 0 Å². The lowest BCUT2D eigenvalue weighted by Gasteiger charge is -2.21. The van der Waals surface area contributed by atoms with Gasteiger partial charge in [0.05, 0.1) is 6.42 Å². The van der Waals surface area contributed by atoms with E-state index in [4.69, 9.17) is 18.7 Å². The van der Waals surface area contributed by atoms with Crippen LogP contribution in [0.2, 0.25) is 0 Å². The van der Waals surface area contributed by atoms with Crippen molar-refractivity contribution in [3.05, 3.63) is 41.7 Å². The van der Waals surface area contributed by atoms with Gasteiger partial charge in [0.1, 0.15) is 11.5 Å². The molecule has 5 nitrogen and oxygen atoms in total. The van der Waals surface area contributed by atoms with Crippen molar-refractivity contribution in [2.75, 3.05) is 13.2 Å². The van der Waals surface area contributed by atoms with E-state index in [2.05, 4.69) is 5.16 Å². The fourth-order valence-electron chi connectivity index (χ4n) is 2.69. The highest BCUT2D eigenvalue weighted by molar-refractivity contribution is 5.63. The van der Waals surface area contributed by atoms with Gasteiger partial charge in [-0.25, -0.2) is 0 Å². The van der Waals surface area contributed by atoms with Crippen LogP contribution >= 0.6 is 0 Å². The Hall–Kier alpha value is -1.69. The first kappa shape index (κ1) is 15.2. The summed E-state index contributed by atoms with van der Waals surface area (Å²) in [5.74, 6) is 0.819. The highest BCUT2D eigenvalue weighted by Crippen LogP contribution is 2.31. The maximum Gasteiger partial charge on any atom is 0.167 e. The molecule has 0 unspecified atom stereocenters. The average Bonchev–Trinajstić information content (AvgIpc) is 2.83. The molecule has 0 aliphatic carbocycles. The first-order valence-corrected chi connectivity index (χ1v) is 7.73. The second-order valence-corrected chi connectivity index (χ2v) is 5.11. The lowest BCUT2D eigenvalue weighted by Crippen LogP contribution is -2.27. The fourth-order valence-corrected chi connectivity index (χ4v) is 2.69. The molecule has 0 fully saturated rings. The van der Waals surface area contributed by atoms with Crippen LogP contribution in [0, 0.1) is 0 Å². The van der Waals surface area contributed by atoms with E-state index in [1.165, 1.54) is 0 Å². The largest absolute Gasteiger partial charge is 0.360 e. The zero-order valence-corrected chi connectivity index (χ0v) is 13.0. The van der Waals surface area contributed by atoms with Crippen LogP contribution in [0.1, 0.15) is 25.2 Å². The number of fused-ring (bicyclic) bond motifs is 1. The molecule has 22 heavy (non-hydrogen) atoms. The Morgan fingerprint density at radius 2 is 1.73 bits per heavy atom. The number of aromatic nitrogens is 1. The Morgan fingerprint density at radius 3 is 2.41 bits per heavy atom. The van der Waals surface area contributed by atoms with Crippen LogP contribution < -0.4 is 0 Å². The first-order chi connectivity index (χ1) is 10.8. The van der Waals surface area contributed by atoms with Crippen LogP contribution in [-0.4, -0.2) is 31.0 Å². The van der Waals surface area contributed by atoms with Crippen molar-refractivity contribution in [1.29, 1.82) is 0 Å². The van der Waals surface area contributed by atoms with Gasteiger partial charge >= 0.3 is 0 Å². The minimum Gasteiger partial charge on any atom is -0.360 e. The summed E-state index contributed by atoms with van der Waals surface area (Å²) < 4.78 is 22.8. The number of hydrogen-bond donors (Lipinski definition) is 0. The van der Waals surface area contributed by atoms with Crippen molar-refractivity contribution in [1.82, 2.24) is 5.16 Å². The van der Waals surface area contributed by atoms with Crippen LogP contribution in [0.25, 0.3) is 11.3 Å². The molecule has 2 heterocycles. The maximum atomic E-state index is 5.89. The molecule has 1 aromatic heterocycles. The number of hydrogen-bond acceptors (Lipinski definition) is 5. The third-order valence-electron chi connectivity index (χ3n) is 3.65. The van der Waals surface area contributed by atoms with Crippen LogP contribution in [0.5, 0.6) is 0 Å². The van der Waals surface area contributed by atoms with E-state index in [0.29, 0.717) is 26.1 Å². The minimum absolute atomic E-state index is 0.343. The zero-order valence-electron chi connectivity index (χ0n) is 13.0. The lowest BCUT2D eigenvalue weighted by molar-refractivity contribution is -0.239. The lowest BCUT2D eigenvalue weighted by atomic mass is 10.0. The van der Waals surface area contributed by atoms with Gasteiger partial charge in [0.15, 0.2) is 12.6 Å². The summed E-state index contributed by atoms with van der Waals surface area (Å²) in [6.45, 7) is 5.07. The van der Waals surface area contributed by atoms with Gasteiger partial charge in [0.25, 0.3) is 0 Å². The van der Waals surface area contributed by atoms with E-state index in [9.17, 15) is 0 Å². The maximum absolute atomic E-state index is 5.89. The molecule has 3 rings (SSSR count). The standard InChI is InChI=1S/C17H21NO4/c1-3-19-15-10-13-14(11-16(21-15)20-4-2)22-18-17(13)12-8-6-5-7-9-12/h5-9,15-16H,3-4,10-11H2,1-2H3/t15-,16+/m1/s1. The SMILES string of the molecule is CCO[C@H]1Cc2c(-c3ccccc3)noc2C[C@@H](OCC)O1. The number of ether oxygens (including phenoxy) is 3. The van der Waals surface area contributed by atoms with Crippen molar-refractivity contribution in [2.45, 2.75) is 39.3 Å². The van der Waals surface area contributed by atoms with Crippen molar-refractivity contribution in [3.63, 3.8) is 0 Å². The molecular formula is C17H21NO4. The molecule has 1 aliphatic heterocycles. The normalized spacial score (nSPS) is 21.4. The van der Waals surface area contributed by atoms with Gasteiger partial charge in [-0.05, 0) is 13.8 Å². The molecule has 0 amide bonds. The van der Waals surface area contributed by atoms with Gasteiger partial charge in [-0.1, -0.05) is 35.5 Å². The predicted molar refractivity (Wildman–Crippen MR) is 81.3 cm³/mol. The molecule has 0 radical (unpaired) electrons. The van der Waals surface area contributed by atoms with Crippen molar-refractivity contribution >= 4 is 0 Å². The highest BCUT2D eigenvalue weighted by atomic mass is 16.8. The van der Waals surface area contributed by atoms with Crippen molar-refractivity contribution in [2.24, 2.45) is 0 Å². The van der Waals surface area contributed by atoms with Gasteiger partial charge in [-0.15, -0.1) is 0 Å². The smallest absolute Gasteiger partial charge is 0.167 e. The third-order valence-corrected chi connectivity index (χ3v) is 3.65. The second kappa shape index (κ2) is 7.05. The molecule has 1 aliphatic rings. The monoisotopic (exact) mass is 303 g/mol. The molecule has 118 valence electrons. The third kappa shape index (κ3) is 3.21. The quantitative estimate of drug-likeness (QED) is 0.849. The van der Waals surface area contributed by atoms with E-state index in [1.807, 2.05) is 44.2 Å². The van der Waals surface area contributed by atoms with Gasteiger partial charge < -0.3 is 18.7 Å². The predicted octanol–water partition coefficient (Wildman–Crippen LogP) is 3.18. The average molecular weight is 303 g/mol. The van der Waals surface area contributed by atoms with Gasteiger partial charge in [0.2, 0.25) is 0 Å². The molecule has 0 N–H and O–H groups in total. The Kier molecular flexibility index (Phi) is 4.87. The summed E-state index contributed by atoms with van der Waals surface area (Å²) in [5, 5.41) is 4.26. The van der Waals surface area contributed by atoms with Crippen molar-refractivity contribution in [3.8, 4) is 11.3 Å². The van der Waals surface area contributed by atoms with Crippen LogP contribution in [0.3, 0.4) is 0 Å². The minimum atomic E-state index is -0.362. The molecule has 0 saturated carbocycles. The van der Waals surface area contributed by atoms with Crippen LogP contribution in [-0.2, 0) is 27.1 Å². The summed E-state index contributed by atoms with van der Waals surface area (Å²) in [6, 6.07) is 10.0. The Labute approximate surface area is 130 Å². The first-order valence-electron chi connectivity index (χ1n) is 7.73. The van der Waals surface area contributed by atoms with E-state index in [0.717, 1.165) is 22.6 Å². The molecule has 0 saturated heterocycles. The Balaban J connectivity index is 1.93. The Bertz CT molecular complexity index is 596. The van der Waals surface area contributed by atoms with Gasteiger partial charge in [0, 0.05) is 30.8 Å². The highest BCUT2D eigenvalue weighted by Gasteiger charge is 2.30. The molecule has 2 aromatic rings. The summed E-state index contributed by atoms with van der Waals surface area (Å²) in [5.41, 5.74) is 2.95. The molecule has 2 atom stereocenters. The zero-order chi connectivity index (χ0) is 15.4.